The summed E-state index contributed by atoms with van der Waals surface area (Å²) in [6.07, 6.45) is 3.63. The average Bonchev–Trinajstić information content (AvgIpc) is 2.08. The minimum absolute atomic E-state index is 0.0770. The van der Waals surface area contributed by atoms with E-state index in [0.717, 1.165) is 45.3 Å². The molecule has 0 unspecified atom stereocenters. The van der Waals surface area contributed by atoms with Gasteiger partial charge in [0.1, 0.15) is 0 Å². The number of piperidine rings is 1. The van der Waals surface area contributed by atoms with Crippen molar-refractivity contribution in [2.24, 2.45) is 5.73 Å². The van der Waals surface area contributed by atoms with Crippen LogP contribution in [-0.4, -0.2) is 40.7 Å². The van der Waals surface area contributed by atoms with Gasteiger partial charge in [-0.15, -0.1) is 0 Å². The highest BCUT2D eigenvalue weighted by Gasteiger charge is 2.15. The van der Waals surface area contributed by atoms with Gasteiger partial charge in [0.2, 0.25) is 0 Å². The molecule has 0 bridgehead atoms. The highest BCUT2D eigenvalue weighted by Crippen LogP contribution is 2.10. The molecule has 1 heterocycles. The Morgan fingerprint density at radius 2 is 2.08 bits per heavy atom. The summed E-state index contributed by atoms with van der Waals surface area (Å²) in [7, 11) is 0. The summed E-state index contributed by atoms with van der Waals surface area (Å²) in [5.74, 6) is 0. The zero-order chi connectivity index (χ0) is 9.68. The van der Waals surface area contributed by atoms with Crippen LogP contribution in [0.5, 0.6) is 0 Å². The molecule has 76 valence electrons. The van der Waals surface area contributed by atoms with Crippen molar-refractivity contribution in [2.45, 2.75) is 31.8 Å². The van der Waals surface area contributed by atoms with Gasteiger partial charge in [-0.2, -0.15) is 0 Å². The van der Waals surface area contributed by atoms with E-state index in [0.29, 0.717) is 4.99 Å². The van der Waals surface area contributed by atoms with Crippen molar-refractivity contribution in [1.29, 1.82) is 0 Å². The van der Waals surface area contributed by atoms with Crippen molar-refractivity contribution in [3.63, 3.8) is 0 Å². The van der Waals surface area contributed by atoms with E-state index in [1.165, 1.54) is 0 Å². The van der Waals surface area contributed by atoms with Crippen molar-refractivity contribution < 1.29 is 5.11 Å². The lowest BCUT2D eigenvalue weighted by Gasteiger charge is -2.29. The number of nitrogens with zero attached hydrogens (tertiary/aromatic N) is 1. The fourth-order valence-corrected chi connectivity index (χ4v) is 1.76. The lowest BCUT2D eigenvalue weighted by molar-refractivity contribution is 0.0824. The molecule has 4 heteroatoms. The highest BCUT2D eigenvalue weighted by atomic mass is 32.1. The first kappa shape index (κ1) is 10.9. The molecule has 0 radical (unpaired) electrons. The smallest absolute Gasteiger partial charge is 0.0727 e. The summed E-state index contributed by atoms with van der Waals surface area (Å²) < 4.78 is 0. The number of rotatable bonds is 4. The van der Waals surface area contributed by atoms with Crippen LogP contribution in [0.3, 0.4) is 0 Å². The van der Waals surface area contributed by atoms with Crippen LogP contribution in [0.15, 0.2) is 0 Å². The Morgan fingerprint density at radius 1 is 1.46 bits per heavy atom. The first-order chi connectivity index (χ1) is 6.18. The lowest BCUT2D eigenvalue weighted by atomic mass is 10.1. The number of thiocarbonyl (C=S) groups is 1. The molecule has 0 aliphatic carbocycles. The summed E-state index contributed by atoms with van der Waals surface area (Å²) in [5, 5.41) is 9.27. The molecule has 1 aliphatic rings. The second kappa shape index (κ2) is 5.52. The third kappa shape index (κ3) is 4.55. The Morgan fingerprint density at radius 3 is 2.62 bits per heavy atom. The molecule has 1 aliphatic heterocycles. The molecule has 3 N–H and O–H groups in total. The van der Waals surface area contributed by atoms with Crippen LogP contribution in [0, 0.1) is 0 Å². The summed E-state index contributed by atoms with van der Waals surface area (Å²) in [6.45, 7) is 3.08. The first-order valence-electron chi connectivity index (χ1n) is 4.87. The molecule has 0 aromatic rings. The SMILES string of the molecule is NC(=S)CCCN1CCC(O)CC1. The molecular weight excluding hydrogens is 184 g/mol. The number of aliphatic hydroxyl groups excluding tert-OH is 1. The van der Waals surface area contributed by atoms with E-state index in [9.17, 15) is 5.11 Å². The van der Waals surface area contributed by atoms with Crippen LogP contribution >= 0.6 is 12.2 Å². The summed E-state index contributed by atoms with van der Waals surface area (Å²) in [4.78, 5) is 2.97. The van der Waals surface area contributed by atoms with Gasteiger partial charge < -0.3 is 15.7 Å². The van der Waals surface area contributed by atoms with Crippen LogP contribution in [-0.2, 0) is 0 Å². The Hall–Kier alpha value is -0.190. The Bertz CT molecular complexity index is 167. The second-order valence-electron chi connectivity index (χ2n) is 3.64. The van der Waals surface area contributed by atoms with E-state index < -0.39 is 0 Å². The van der Waals surface area contributed by atoms with Crippen LogP contribution < -0.4 is 5.73 Å². The van der Waals surface area contributed by atoms with Crippen molar-refractivity contribution in [1.82, 2.24) is 4.90 Å². The Balaban J connectivity index is 2.05. The van der Waals surface area contributed by atoms with Gasteiger partial charge in [0.25, 0.3) is 0 Å². The molecule has 0 aromatic carbocycles. The second-order valence-corrected chi connectivity index (χ2v) is 4.17. The van der Waals surface area contributed by atoms with Gasteiger partial charge in [0.15, 0.2) is 0 Å². The van der Waals surface area contributed by atoms with Crippen molar-refractivity contribution in [3.8, 4) is 0 Å². The van der Waals surface area contributed by atoms with E-state index in [1.54, 1.807) is 0 Å². The summed E-state index contributed by atoms with van der Waals surface area (Å²) in [6, 6.07) is 0. The summed E-state index contributed by atoms with van der Waals surface area (Å²) >= 11 is 4.80. The zero-order valence-corrected chi connectivity index (χ0v) is 8.72. The molecule has 13 heavy (non-hydrogen) atoms. The van der Waals surface area contributed by atoms with Crippen LogP contribution in [0.4, 0.5) is 0 Å². The first-order valence-corrected chi connectivity index (χ1v) is 5.28. The minimum atomic E-state index is -0.0770. The van der Waals surface area contributed by atoms with Crippen molar-refractivity contribution in [3.05, 3.63) is 0 Å². The van der Waals surface area contributed by atoms with Gasteiger partial charge in [-0.1, -0.05) is 12.2 Å². The fourth-order valence-electron chi connectivity index (χ4n) is 1.62. The molecule has 1 fully saturated rings. The summed E-state index contributed by atoms with van der Waals surface area (Å²) in [5.41, 5.74) is 5.40. The maximum Gasteiger partial charge on any atom is 0.0727 e. The van der Waals surface area contributed by atoms with E-state index in [2.05, 4.69) is 4.90 Å². The van der Waals surface area contributed by atoms with Gasteiger partial charge in [-0.25, -0.2) is 0 Å². The third-order valence-corrected chi connectivity index (χ3v) is 2.66. The van der Waals surface area contributed by atoms with E-state index in [-0.39, 0.29) is 6.10 Å². The van der Waals surface area contributed by atoms with Gasteiger partial charge in [-0.3, -0.25) is 0 Å². The molecule has 1 saturated heterocycles. The van der Waals surface area contributed by atoms with Crippen LogP contribution in [0.1, 0.15) is 25.7 Å². The largest absolute Gasteiger partial charge is 0.393 e. The molecule has 0 saturated carbocycles. The normalized spacial score (nSPS) is 20.4. The molecule has 0 amide bonds. The lowest BCUT2D eigenvalue weighted by Crippen LogP contribution is -2.36. The monoisotopic (exact) mass is 202 g/mol. The molecule has 1 rings (SSSR count). The van der Waals surface area contributed by atoms with Gasteiger partial charge >= 0.3 is 0 Å². The van der Waals surface area contributed by atoms with Crippen LogP contribution in [0.25, 0.3) is 0 Å². The standard InChI is InChI=1S/C9H18N2OS/c10-9(13)2-1-5-11-6-3-8(12)4-7-11/h8,12H,1-7H2,(H2,10,13). The molecular formula is C9H18N2OS. The van der Waals surface area contributed by atoms with E-state index in [1.807, 2.05) is 0 Å². The molecule has 0 spiro atoms. The van der Waals surface area contributed by atoms with E-state index >= 15 is 0 Å². The average molecular weight is 202 g/mol. The van der Waals surface area contributed by atoms with Crippen LogP contribution in [0.2, 0.25) is 0 Å². The van der Waals surface area contributed by atoms with Crippen molar-refractivity contribution in [2.75, 3.05) is 19.6 Å². The predicted octanol–water partition coefficient (Wildman–Crippen LogP) is 0.509. The molecule has 0 aromatic heterocycles. The van der Waals surface area contributed by atoms with E-state index in [4.69, 9.17) is 18.0 Å². The Labute approximate surface area is 84.9 Å². The Kier molecular flexibility index (Phi) is 4.62. The molecule has 3 nitrogen and oxygen atoms in total. The molecule has 0 atom stereocenters. The maximum absolute atomic E-state index is 9.27. The topological polar surface area (TPSA) is 49.5 Å². The number of hydrogen-bond donors (Lipinski definition) is 2. The van der Waals surface area contributed by atoms with Gasteiger partial charge in [0.05, 0.1) is 11.1 Å². The number of nitrogens with two attached hydrogens (primary N) is 1. The van der Waals surface area contributed by atoms with Gasteiger partial charge in [0, 0.05) is 13.1 Å². The third-order valence-electron chi connectivity index (χ3n) is 2.45. The van der Waals surface area contributed by atoms with Gasteiger partial charge in [-0.05, 0) is 32.2 Å². The quantitative estimate of drug-likeness (QED) is 0.652. The maximum atomic E-state index is 9.27. The zero-order valence-electron chi connectivity index (χ0n) is 7.91. The highest BCUT2D eigenvalue weighted by molar-refractivity contribution is 7.80. The minimum Gasteiger partial charge on any atom is -0.393 e. The van der Waals surface area contributed by atoms with Crippen molar-refractivity contribution >= 4 is 17.2 Å². The number of aliphatic hydroxyl groups is 1. The number of likely N-dealkylation sites (tertiary alicyclic amines) is 1. The fraction of sp³-hybridized carbons (Fsp3) is 0.889. The predicted molar refractivity (Wildman–Crippen MR) is 57.7 cm³/mol. The number of hydrogen-bond acceptors (Lipinski definition) is 3.